The van der Waals surface area contributed by atoms with Gasteiger partial charge in [0, 0.05) is 24.5 Å². The maximum absolute atomic E-state index is 2.69. The second-order valence-corrected chi connectivity index (χ2v) is 17.3. The molecule has 0 aliphatic carbocycles. The zero-order valence-corrected chi connectivity index (χ0v) is 36.6. The summed E-state index contributed by atoms with van der Waals surface area (Å²) in [5.74, 6) is 0. The van der Waals surface area contributed by atoms with E-state index in [0.29, 0.717) is 0 Å². The summed E-state index contributed by atoms with van der Waals surface area (Å²) < 4.78 is 2.69. The quantitative estimate of drug-likeness (QED) is 0.0466. The number of pyridine rings is 1. The average Bonchev–Trinajstić information content (AvgIpc) is 3.16. The Morgan fingerprint density at radius 1 is 0.308 bits per heavy atom. The van der Waals surface area contributed by atoms with Gasteiger partial charge < -0.3 is 0 Å². The summed E-state index contributed by atoms with van der Waals surface area (Å²) in [4.78, 5) is 0. The summed E-state index contributed by atoms with van der Waals surface area (Å²) in [6.45, 7) is 8.19. The molecular formula is C51H98N+. The molecule has 1 aromatic rings. The molecule has 0 aliphatic heterocycles. The Kier molecular flexibility index (Phi) is 39.1. The van der Waals surface area contributed by atoms with E-state index in [9.17, 15) is 0 Å². The molecule has 0 amide bonds. The van der Waals surface area contributed by atoms with Crippen molar-refractivity contribution in [1.82, 2.24) is 0 Å². The summed E-state index contributed by atoms with van der Waals surface area (Å²) in [6, 6.07) is 4.85. The zero-order valence-electron chi connectivity index (χ0n) is 36.6. The lowest BCUT2D eigenvalue weighted by molar-refractivity contribution is -0.705. The van der Waals surface area contributed by atoms with E-state index >= 15 is 0 Å². The van der Waals surface area contributed by atoms with E-state index < -0.39 is 0 Å². The van der Waals surface area contributed by atoms with E-state index in [2.05, 4.69) is 43.7 Å². The third-order valence-electron chi connectivity index (χ3n) is 12.1. The molecule has 306 valence electrons. The van der Waals surface area contributed by atoms with Crippen LogP contribution in [0.15, 0.2) is 18.3 Å². The van der Waals surface area contributed by atoms with Crippen LogP contribution in [0.5, 0.6) is 0 Å². The van der Waals surface area contributed by atoms with Crippen molar-refractivity contribution in [2.45, 2.75) is 297 Å². The number of rotatable bonds is 43. The van der Waals surface area contributed by atoms with Crippen LogP contribution >= 0.6 is 0 Å². The molecule has 1 heteroatoms. The van der Waals surface area contributed by atoms with Gasteiger partial charge in [-0.25, -0.2) is 4.57 Å². The van der Waals surface area contributed by atoms with Crippen LogP contribution in [0.3, 0.4) is 0 Å². The summed E-state index contributed by atoms with van der Waals surface area (Å²) in [5, 5.41) is 0. The Bertz CT molecular complexity index is 813. The second kappa shape index (κ2) is 41.3. The van der Waals surface area contributed by atoms with E-state index in [1.54, 1.807) is 11.3 Å². The molecule has 0 bridgehead atoms. The van der Waals surface area contributed by atoms with E-state index in [1.807, 2.05) is 0 Å². The molecule has 0 saturated heterocycles. The molecule has 1 rings (SSSR count). The number of unbranched alkanes of at least 4 members (excludes halogenated alkanes) is 37. The second-order valence-electron chi connectivity index (χ2n) is 17.3. The smallest absolute Gasteiger partial charge is 0.184 e. The predicted octanol–water partition coefficient (Wildman–Crippen LogP) is 17.7. The maximum atomic E-state index is 2.69. The van der Waals surface area contributed by atoms with Gasteiger partial charge in [0.15, 0.2) is 11.9 Å². The van der Waals surface area contributed by atoms with Crippen molar-refractivity contribution in [3.63, 3.8) is 0 Å². The molecule has 0 N–H and O–H groups in total. The molecule has 0 atom stereocenters. The number of aryl methyl sites for hydroxylation is 2. The van der Waals surface area contributed by atoms with Crippen LogP contribution in [-0.4, -0.2) is 0 Å². The van der Waals surface area contributed by atoms with Crippen LogP contribution in [-0.2, 0) is 19.4 Å². The highest BCUT2D eigenvalue weighted by molar-refractivity contribution is 5.16. The highest BCUT2D eigenvalue weighted by Gasteiger charge is 2.15. The first-order valence-electron chi connectivity index (χ1n) is 24.8. The van der Waals surface area contributed by atoms with Crippen LogP contribution in [0.2, 0.25) is 0 Å². The minimum atomic E-state index is 1.23. The summed E-state index contributed by atoms with van der Waals surface area (Å²) in [5.41, 5.74) is 3.37. The van der Waals surface area contributed by atoms with Crippen LogP contribution in [0.4, 0.5) is 0 Å². The van der Waals surface area contributed by atoms with Crippen LogP contribution in [0, 0.1) is 0 Å². The zero-order chi connectivity index (χ0) is 37.3. The van der Waals surface area contributed by atoms with Gasteiger partial charge in [-0.05, 0) is 31.7 Å². The van der Waals surface area contributed by atoms with Crippen molar-refractivity contribution in [3.8, 4) is 0 Å². The molecule has 0 saturated carbocycles. The lowest BCUT2D eigenvalue weighted by Crippen LogP contribution is -2.39. The summed E-state index contributed by atoms with van der Waals surface area (Å²) in [6.07, 6.45) is 62.7. The van der Waals surface area contributed by atoms with E-state index in [-0.39, 0.29) is 0 Å². The monoisotopic (exact) mass is 725 g/mol. The SMILES string of the molecule is CCCCCCCCCCCCCCCCCC[n+]1cccc(CCCCCCCCCCCCCC)c1CCCCCCCCCCCCCC. The molecule has 0 spiro atoms. The molecule has 0 aromatic carbocycles. The lowest BCUT2D eigenvalue weighted by atomic mass is 9.99. The van der Waals surface area contributed by atoms with E-state index in [4.69, 9.17) is 0 Å². The van der Waals surface area contributed by atoms with Crippen LogP contribution in [0.1, 0.15) is 289 Å². The van der Waals surface area contributed by atoms with Crippen molar-refractivity contribution in [1.29, 1.82) is 0 Å². The van der Waals surface area contributed by atoms with Gasteiger partial charge in [-0.3, -0.25) is 0 Å². The largest absolute Gasteiger partial charge is 0.202 e. The van der Waals surface area contributed by atoms with Gasteiger partial charge in [-0.15, -0.1) is 0 Å². The molecule has 0 fully saturated rings. The van der Waals surface area contributed by atoms with Crippen molar-refractivity contribution in [2.24, 2.45) is 0 Å². The molecule has 1 heterocycles. The van der Waals surface area contributed by atoms with Crippen molar-refractivity contribution in [3.05, 3.63) is 29.6 Å². The third-order valence-corrected chi connectivity index (χ3v) is 12.1. The fourth-order valence-corrected chi connectivity index (χ4v) is 8.50. The third kappa shape index (κ3) is 32.6. The Morgan fingerprint density at radius 3 is 0.904 bits per heavy atom. The van der Waals surface area contributed by atoms with E-state index in [0.717, 1.165) is 0 Å². The van der Waals surface area contributed by atoms with Gasteiger partial charge in [-0.2, -0.15) is 0 Å². The van der Waals surface area contributed by atoms with Crippen LogP contribution in [0.25, 0.3) is 0 Å². The number of hydrogen-bond donors (Lipinski definition) is 0. The first-order valence-corrected chi connectivity index (χ1v) is 24.8. The topological polar surface area (TPSA) is 3.88 Å². The highest BCUT2D eigenvalue weighted by atomic mass is 15.0. The average molecular weight is 725 g/mol. The standard InChI is InChI=1S/C51H98N/c1-4-7-10-13-16-19-22-25-26-27-28-31-34-37-40-43-48-52-49-44-46-50(45-41-38-35-32-29-23-20-17-14-11-8-5-2)51(52)47-42-39-36-33-30-24-21-18-15-12-9-6-3/h44,46,49H,4-43,45,47-48H2,1-3H3/q+1. The van der Waals surface area contributed by atoms with Gasteiger partial charge >= 0.3 is 0 Å². The highest BCUT2D eigenvalue weighted by Crippen LogP contribution is 2.18. The van der Waals surface area contributed by atoms with E-state index in [1.165, 1.54) is 276 Å². The maximum Gasteiger partial charge on any atom is 0.184 e. The Hall–Kier alpha value is -0.850. The molecule has 52 heavy (non-hydrogen) atoms. The lowest BCUT2D eigenvalue weighted by Gasteiger charge is -2.11. The summed E-state index contributed by atoms with van der Waals surface area (Å²) in [7, 11) is 0. The Morgan fingerprint density at radius 2 is 0.577 bits per heavy atom. The fourth-order valence-electron chi connectivity index (χ4n) is 8.50. The van der Waals surface area contributed by atoms with Gasteiger partial charge in [0.25, 0.3) is 0 Å². The molecule has 0 unspecified atom stereocenters. The number of hydrogen-bond acceptors (Lipinski definition) is 0. The van der Waals surface area contributed by atoms with Crippen LogP contribution < -0.4 is 4.57 Å². The van der Waals surface area contributed by atoms with Crippen molar-refractivity contribution in [2.75, 3.05) is 0 Å². The summed E-state index contributed by atoms with van der Waals surface area (Å²) >= 11 is 0. The molecule has 0 aliphatic rings. The Balaban J connectivity index is 2.32. The minimum Gasteiger partial charge on any atom is -0.202 e. The van der Waals surface area contributed by atoms with Gasteiger partial charge in [0.05, 0.1) is 0 Å². The molecule has 1 aromatic heterocycles. The number of nitrogens with zero attached hydrogens (tertiary/aromatic N) is 1. The van der Waals surface area contributed by atoms with Crippen molar-refractivity contribution < 1.29 is 4.57 Å². The van der Waals surface area contributed by atoms with Gasteiger partial charge in [0.2, 0.25) is 0 Å². The van der Waals surface area contributed by atoms with Gasteiger partial charge in [-0.1, -0.05) is 252 Å². The van der Waals surface area contributed by atoms with Crippen molar-refractivity contribution >= 4 is 0 Å². The normalized spacial score (nSPS) is 11.6. The molecule has 0 radical (unpaired) electrons. The first kappa shape index (κ1) is 49.2. The predicted molar refractivity (Wildman–Crippen MR) is 236 cm³/mol. The molecular weight excluding hydrogens is 627 g/mol. The van der Waals surface area contributed by atoms with Gasteiger partial charge in [0.1, 0.15) is 6.54 Å². The molecule has 1 nitrogen and oxygen atoms in total. The Labute approximate surface area is 330 Å². The minimum absolute atomic E-state index is 1.23. The first-order chi connectivity index (χ1) is 25.8. The fraction of sp³-hybridized carbons (Fsp3) is 0.902. The number of aromatic nitrogens is 1.